The van der Waals surface area contributed by atoms with Gasteiger partial charge in [0.15, 0.2) is 0 Å². The zero-order valence-electron chi connectivity index (χ0n) is 29.4. The van der Waals surface area contributed by atoms with E-state index in [0.29, 0.717) is 11.3 Å². The fourth-order valence-corrected chi connectivity index (χ4v) is 4.13. The maximum Gasteiger partial charge on any atom is 0.309 e. The Bertz CT molecular complexity index is 1310. The Hall–Kier alpha value is -3.75. The molecule has 44 heavy (non-hydrogen) atoms. The zero-order chi connectivity index (χ0) is 34.8. The van der Waals surface area contributed by atoms with Crippen molar-refractivity contribution in [3.63, 3.8) is 0 Å². The molecular formula is C39H57FN2O2. The average molecular weight is 605 g/mol. The van der Waals surface area contributed by atoms with E-state index in [1.807, 2.05) is 27.0 Å². The van der Waals surface area contributed by atoms with Crippen molar-refractivity contribution < 1.29 is 14.3 Å². The van der Waals surface area contributed by atoms with Crippen LogP contribution in [-0.4, -0.2) is 30.4 Å². The maximum absolute atomic E-state index is 14.2. The molecule has 0 amide bonds. The number of aryl methyl sites for hydroxylation is 1. The number of aliphatic carboxylic acids is 1. The molecule has 0 aliphatic rings. The van der Waals surface area contributed by atoms with Crippen molar-refractivity contribution in [2.45, 2.75) is 89.0 Å². The van der Waals surface area contributed by atoms with Gasteiger partial charge in [0.2, 0.25) is 0 Å². The van der Waals surface area contributed by atoms with Gasteiger partial charge in [-0.2, -0.15) is 0 Å². The maximum atomic E-state index is 14.2. The lowest BCUT2D eigenvalue weighted by molar-refractivity contribution is -0.135. The molecule has 2 N–H and O–H groups in total. The van der Waals surface area contributed by atoms with Crippen LogP contribution < -0.4 is 5.32 Å². The van der Waals surface area contributed by atoms with Crippen LogP contribution in [0.3, 0.4) is 0 Å². The predicted octanol–water partition coefficient (Wildman–Crippen LogP) is 10.3. The summed E-state index contributed by atoms with van der Waals surface area (Å²) in [7, 11) is 1.89. The summed E-state index contributed by atoms with van der Waals surface area (Å²) in [5, 5.41) is 12.2. The van der Waals surface area contributed by atoms with Crippen LogP contribution in [0, 0.1) is 36.4 Å². The number of benzene rings is 1. The molecule has 0 spiro atoms. The van der Waals surface area contributed by atoms with E-state index in [1.165, 1.54) is 0 Å². The number of hydrogen-bond donors (Lipinski definition) is 2. The van der Waals surface area contributed by atoms with Gasteiger partial charge in [0, 0.05) is 17.3 Å². The Morgan fingerprint density at radius 2 is 1.66 bits per heavy atom. The number of allylic oxidation sites excluding steroid dienone is 8. The Balaban J connectivity index is 0. The minimum atomic E-state index is -0.899. The summed E-state index contributed by atoms with van der Waals surface area (Å²) < 4.78 is 14.2. The normalized spacial score (nSPS) is 13.3. The standard InChI is InChI=1S/C35H49FN2O2.C2H6.C2H2/c1-23(27(5)31(34(7,8)9)19-25(3)29-14-13-24(2)32(36)21-29)15-17-35(10,11)28(6)30(16-18-37-12)22-38-26(4)20-33(39)40;2*1-2/h13-15,17,19,21-22,37H,3,6,16,18,20H2,1-2,4-5,7-12H3,(H,39,40);1-2H3;1-2H/b17-15+,27-23+,30-22-,31-19+,38-26?;;. The van der Waals surface area contributed by atoms with Crippen molar-refractivity contribution in [1.29, 1.82) is 0 Å². The highest BCUT2D eigenvalue weighted by atomic mass is 19.1. The number of rotatable bonds is 13. The van der Waals surface area contributed by atoms with Crippen LogP contribution in [0.15, 0.2) is 88.6 Å². The van der Waals surface area contributed by atoms with E-state index >= 15 is 0 Å². The van der Waals surface area contributed by atoms with Gasteiger partial charge in [0.05, 0.1) is 6.42 Å². The Morgan fingerprint density at radius 1 is 1.09 bits per heavy atom. The minimum absolute atomic E-state index is 0.0935. The molecule has 0 aliphatic carbocycles. The van der Waals surface area contributed by atoms with Gasteiger partial charge in [-0.3, -0.25) is 9.79 Å². The molecule has 5 heteroatoms. The van der Waals surface area contributed by atoms with Crippen molar-refractivity contribution in [3.8, 4) is 12.8 Å². The largest absolute Gasteiger partial charge is 0.481 e. The molecule has 0 heterocycles. The third-order valence-corrected chi connectivity index (χ3v) is 7.07. The first-order chi connectivity index (χ1) is 20.4. The van der Waals surface area contributed by atoms with E-state index < -0.39 is 5.97 Å². The number of nitrogens with zero attached hydrogens (tertiary/aromatic N) is 1. The average Bonchev–Trinajstić information content (AvgIpc) is 2.96. The second-order valence-electron chi connectivity index (χ2n) is 12.1. The van der Waals surface area contributed by atoms with Crippen molar-refractivity contribution >= 4 is 17.3 Å². The minimum Gasteiger partial charge on any atom is -0.481 e. The number of carboxylic acids is 1. The molecule has 4 nitrogen and oxygen atoms in total. The molecule has 1 aromatic rings. The number of nitrogens with one attached hydrogen (secondary N) is 1. The SMILES string of the molecule is C#C.C=C(\C=C(/C(C)=C(C)/C=C/C(C)(C)C(=C)/C(=C\N=C(C)CC(=O)O)CCNC)C(C)(C)C)c1ccc(C)c(F)c1.CC. The Labute approximate surface area is 268 Å². The molecule has 0 saturated heterocycles. The molecule has 0 radical (unpaired) electrons. The summed E-state index contributed by atoms with van der Waals surface area (Å²) in [6.07, 6.45) is 16.7. The van der Waals surface area contributed by atoms with Crippen LogP contribution in [0.2, 0.25) is 0 Å². The van der Waals surface area contributed by atoms with Gasteiger partial charge in [-0.05, 0) is 104 Å². The van der Waals surface area contributed by atoms with E-state index in [0.717, 1.165) is 52.0 Å². The number of carbonyl (C=O) groups is 1. The molecule has 0 bridgehead atoms. The lowest BCUT2D eigenvalue weighted by Gasteiger charge is -2.27. The summed E-state index contributed by atoms with van der Waals surface area (Å²) in [4.78, 5) is 15.4. The zero-order valence-corrected chi connectivity index (χ0v) is 29.4. The van der Waals surface area contributed by atoms with Gasteiger partial charge in [-0.1, -0.05) is 92.0 Å². The topological polar surface area (TPSA) is 61.7 Å². The highest BCUT2D eigenvalue weighted by Gasteiger charge is 2.23. The van der Waals surface area contributed by atoms with Gasteiger partial charge < -0.3 is 10.4 Å². The van der Waals surface area contributed by atoms with E-state index in [4.69, 9.17) is 5.11 Å². The number of carboxylic acid groups (broad SMARTS) is 1. The van der Waals surface area contributed by atoms with Crippen molar-refractivity contribution in [1.82, 2.24) is 5.32 Å². The second-order valence-corrected chi connectivity index (χ2v) is 12.1. The summed E-state index contributed by atoms with van der Waals surface area (Å²) in [6, 6.07) is 5.23. The van der Waals surface area contributed by atoms with Gasteiger partial charge >= 0.3 is 5.97 Å². The third-order valence-electron chi connectivity index (χ3n) is 7.07. The van der Waals surface area contributed by atoms with Crippen molar-refractivity contribution in [3.05, 3.63) is 101 Å². The van der Waals surface area contributed by atoms with Gasteiger partial charge in [0.25, 0.3) is 0 Å². The van der Waals surface area contributed by atoms with Crippen LogP contribution in [0.25, 0.3) is 5.57 Å². The molecule has 1 aromatic carbocycles. The lowest BCUT2D eigenvalue weighted by atomic mass is 9.78. The molecule has 0 atom stereocenters. The second kappa shape index (κ2) is 20.3. The van der Waals surface area contributed by atoms with E-state index in [1.54, 1.807) is 32.2 Å². The van der Waals surface area contributed by atoms with E-state index in [2.05, 4.69) is 103 Å². The molecular weight excluding hydrogens is 547 g/mol. The molecule has 0 aliphatic heterocycles. The molecule has 0 saturated carbocycles. The fraction of sp³-hybridized carbons (Fsp3) is 0.436. The molecule has 0 unspecified atom stereocenters. The van der Waals surface area contributed by atoms with Crippen LogP contribution in [0.1, 0.15) is 93.2 Å². The summed E-state index contributed by atoms with van der Waals surface area (Å²) >= 11 is 0. The van der Waals surface area contributed by atoms with Crippen molar-refractivity contribution in [2.24, 2.45) is 15.8 Å². The first-order valence-electron chi connectivity index (χ1n) is 15.1. The van der Waals surface area contributed by atoms with Gasteiger partial charge in [-0.25, -0.2) is 4.39 Å². The van der Waals surface area contributed by atoms with Crippen LogP contribution in [0.4, 0.5) is 4.39 Å². The van der Waals surface area contributed by atoms with Gasteiger partial charge in [-0.15, -0.1) is 12.8 Å². The summed E-state index contributed by atoms with van der Waals surface area (Å²) in [6.45, 7) is 31.8. The predicted molar refractivity (Wildman–Crippen MR) is 191 cm³/mol. The molecule has 242 valence electrons. The monoisotopic (exact) mass is 604 g/mol. The highest BCUT2D eigenvalue weighted by molar-refractivity contribution is 5.97. The number of terminal acetylenes is 1. The third kappa shape index (κ3) is 14.6. The molecule has 0 aromatic heterocycles. The highest BCUT2D eigenvalue weighted by Crippen LogP contribution is 2.37. The lowest BCUT2D eigenvalue weighted by Crippen LogP contribution is -2.16. The molecule has 0 fully saturated rings. The Morgan fingerprint density at radius 3 is 2.14 bits per heavy atom. The first-order valence-corrected chi connectivity index (χ1v) is 15.1. The van der Waals surface area contributed by atoms with Crippen LogP contribution >= 0.6 is 0 Å². The van der Waals surface area contributed by atoms with Crippen LogP contribution in [0.5, 0.6) is 0 Å². The molecule has 1 rings (SSSR count). The fourth-order valence-electron chi connectivity index (χ4n) is 4.13. The van der Waals surface area contributed by atoms with E-state index in [9.17, 15) is 9.18 Å². The summed E-state index contributed by atoms with van der Waals surface area (Å²) in [5.74, 6) is -1.13. The number of halogens is 1. The smallest absolute Gasteiger partial charge is 0.309 e. The van der Waals surface area contributed by atoms with Crippen LogP contribution in [-0.2, 0) is 4.79 Å². The van der Waals surface area contributed by atoms with Crippen molar-refractivity contribution in [2.75, 3.05) is 13.6 Å². The quantitative estimate of drug-likeness (QED) is 0.134. The first kappa shape index (κ1) is 42.4. The summed E-state index contributed by atoms with van der Waals surface area (Å²) in [5.41, 5.74) is 7.46. The number of hydrogen-bond acceptors (Lipinski definition) is 3. The Kier molecular flexibility index (Phi) is 19.5. The number of aliphatic imine (C=N–C) groups is 1. The van der Waals surface area contributed by atoms with Gasteiger partial charge in [0.1, 0.15) is 5.82 Å². The van der Waals surface area contributed by atoms with E-state index in [-0.39, 0.29) is 23.1 Å².